The van der Waals surface area contributed by atoms with Crippen LogP contribution in [0.5, 0.6) is 0 Å². The second-order valence-corrected chi connectivity index (χ2v) is 5.92. The Kier molecular flexibility index (Phi) is 6.80. The van der Waals surface area contributed by atoms with Gasteiger partial charge in [-0.3, -0.25) is 10.1 Å². The lowest BCUT2D eigenvalue weighted by Gasteiger charge is -2.33. The normalized spacial score (nSPS) is 25.4. The molecule has 1 fully saturated rings. The van der Waals surface area contributed by atoms with Crippen LogP contribution in [0.3, 0.4) is 0 Å². The van der Waals surface area contributed by atoms with Crippen LogP contribution in [0.2, 0.25) is 0 Å². The molecule has 1 rings (SSSR count). The Balaban J connectivity index is 2.85. The van der Waals surface area contributed by atoms with Gasteiger partial charge < -0.3 is 9.64 Å². The summed E-state index contributed by atoms with van der Waals surface area (Å²) < 4.78 is 5.32. The Labute approximate surface area is 117 Å². The lowest BCUT2D eigenvalue weighted by atomic mass is 10.1. The number of carbonyl (C=O) groups is 1. The van der Waals surface area contributed by atoms with E-state index in [1.165, 1.54) is 0 Å². The van der Waals surface area contributed by atoms with Gasteiger partial charge in [0.2, 0.25) is 5.91 Å². The Morgan fingerprint density at radius 1 is 1.37 bits per heavy atom. The molecule has 4 nitrogen and oxygen atoms in total. The number of nitrogens with one attached hydrogen (secondary N) is 1. The summed E-state index contributed by atoms with van der Waals surface area (Å²) in [4.78, 5) is 14.6. The van der Waals surface area contributed by atoms with Crippen LogP contribution in [0.25, 0.3) is 0 Å². The van der Waals surface area contributed by atoms with Gasteiger partial charge in [-0.15, -0.1) is 0 Å². The van der Waals surface area contributed by atoms with E-state index in [1.807, 2.05) is 0 Å². The van der Waals surface area contributed by atoms with Gasteiger partial charge in [0.1, 0.15) is 0 Å². The van der Waals surface area contributed by atoms with Gasteiger partial charge in [-0.25, -0.2) is 0 Å². The highest BCUT2D eigenvalue weighted by atomic mass is 16.5. The fourth-order valence-corrected chi connectivity index (χ4v) is 2.90. The largest absolute Gasteiger partial charge is 0.383 e. The quantitative estimate of drug-likeness (QED) is 0.736. The second kappa shape index (κ2) is 7.85. The molecule has 1 N–H and O–H groups in total. The zero-order chi connectivity index (χ0) is 14.4. The molecule has 3 atom stereocenters. The molecule has 0 bridgehead atoms. The van der Waals surface area contributed by atoms with E-state index in [2.05, 4.69) is 37.9 Å². The minimum Gasteiger partial charge on any atom is -0.383 e. The fraction of sp³-hybridized carbons (Fsp3) is 0.933. The van der Waals surface area contributed by atoms with Crippen LogP contribution in [0.1, 0.15) is 53.4 Å². The zero-order valence-electron chi connectivity index (χ0n) is 13.1. The molecule has 1 aliphatic heterocycles. The Morgan fingerprint density at radius 3 is 2.53 bits per heavy atom. The van der Waals surface area contributed by atoms with Gasteiger partial charge in [0, 0.05) is 7.11 Å². The molecule has 0 spiro atoms. The van der Waals surface area contributed by atoms with E-state index >= 15 is 0 Å². The van der Waals surface area contributed by atoms with Crippen LogP contribution in [0.4, 0.5) is 0 Å². The highest BCUT2D eigenvalue weighted by molar-refractivity contribution is 5.84. The molecule has 1 aliphatic rings. The van der Waals surface area contributed by atoms with E-state index in [0.717, 1.165) is 25.7 Å². The number of rotatable bonds is 8. The zero-order valence-corrected chi connectivity index (χ0v) is 13.1. The van der Waals surface area contributed by atoms with Crippen molar-refractivity contribution >= 4 is 5.91 Å². The lowest BCUT2D eigenvalue weighted by Crippen LogP contribution is -2.47. The molecule has 0 aromatic carbocycles. The Morgan fingerprint density at radius 2 is 2.05 bits per heavy atom. The third-order valence-electron chi connectivity index (χ3n) is 3.76. The van der Waals surface area contributed by atoms with E-state index < -0.39 is 0 Å². The maximum atomic E-state index is 12.5. The monoisotopic (exact) mass is 270 g/mol. The number of ether oxygens (including phenoxy) is 1. The summed E-state index contributed by atoms with van der Waals surface area (Å²) in [5.74, 6) is 0.830. The molecule has 0 saturated carbocycles. The van der Waals surface area contributed by atoms with Crippen LogP contribution < -0.4 is 5.32 Å². The second-order valence-electron chi connectivity index (χ2n) is 5.92. The summed E-state index contributed by atoms with van der Waals surface area (Å²) in [7, 11) is 1.71. The fourth-order valence-electron chi connectivity index (χ4n) is 2.90. The molecule has 0 aromatic rings. The number of amides is 1. The Bertz CT molecular complexity index is 275. The predicted molar refractivity (Wildman–Crippen MR) is 77.9 cm³/mol. The predicted octanol–water partition coefficient (Wildman–Crippen LogP) is 2.38. The van der Waals surface area contributed by atoms with Crippen molar-refractivity contribution in [2.75, 3.05) is 13.7 Å². The number of methoxy groups -OCH3 is 1. The topological polar surface area (TPSA) is 41.6 Å². The van der Waals surface area contributed by atoms with E-state index in [0.29, 0.717) is 12.5 Å². The standard InChI is InChI=1S/C15H30N2O2/c1-6-8-12(10-19-5)17-14(9-11(3)4)16-13(7-2)15(17)18/h11-14,16H,6-10H2,1-5H3. The number of carbonyl (C=O) groups excluding carboxylic acids is 1. The molecule has 4 heteroatoms. The third-order valence-corrected chi connectivity index (χ3v) is 3.76. The number of hydrogen-bond donors (Lipinski definition) is 1. The van der Waals surface area contributed by atoms with Crippen LogP contribution >= 0.6 is 0 Å². The van der Waals surface area contributed by atoms with Gasteiger partial charge in [0.05, 0.1) is 24.9 Å². The van der Waals surface area contributed by atoms with Crippen molar-refractivity contribution in [3.8, 4) is 0 Å². The highest BCUT2D eigenvalue weighted by Crippen LogP contribution is 2.23. The summed E-state index contributed by atoms with van der Waals surface area (Å²) in [6, 6.07) is 0.190. The molecule has 0 aliphatic carbocycles. The van der Waals surface area contributed by atoms with Crippen molar-refractivity contribution in [1.82, 2.24) is 10.2 Å². The van der Waals surface area contributed by atoms with Gasteiger partial charge >= 0.3 is 0 Å². The van der Waals surface area contributed by atoms with Crippen LogP contribution in [0.15, 0.2) is 0 Å². The van der Waals surface area contributed by atoms with Gasteiger partial charge in [-0.1, -0.05) is 34.1 Å². The highest BCUT2D eigenvalue weighted by Gasteiger charge is 2.41. The average molecular weight is 270 g/mol. The average Bonchev–Trinajstić information content (AvgIpc) is 2.64. The number of hydrogen-bond acceptors (Lipinski definition) is 3. The van der Waals surface area contributed by atoms with Crippen molar-refractivity contribution in [2.24, 2.45) is 5.92 Å². The van der Waals surface area contributed by atoms with E-state index in [-0.39, 0.29) is 24.2 Å². The van der Waals surface area contributed by atoms with Gasteiger partial charge in [-0.05, 0) is 25.2 Å². The van der Waals surface area contributed by atoms with E-state index in [4.69, 9.17) is 4.74 Å². The first-order valence-electron chi connectivity index (χ1n) is 7.62. The third kappa shape index (κ3) is 4.18. The summed E-state index contributed by atoms with van der Waals surface area (Å²) in [6.07, 6.45) is 4.11. The van der Waals surface area contributed by atoms with E-state index in [9.17, 15) is 4.79 Å². The van der Waals surface area contributed by atoms with Gasteiger partial charge in [-0.2, -0.15) is 0 Å². The van der Waals surface area contributed by atoms with Crippen LogP contribution in [-0.2, 0) is 9.53 Å². The molecular weight excluding hydrogens is 240 g/mol. The molecule has 112 valence electrons. The van der Waals surface area contributed by atoms with Crippen LogP contribution in [0, 0.1) is 5.92 Å². The minimum absolute atomic E-state index is 0.0139. The molecule has 0 aromatic heterocycles. The summed E-state index contributed by atoms with van der Waals surface area (Å²) in [5, 5.41) is 3.49. The molecule has 1 amide bonds. The van der Waals surface area contributed by atoms with Crippen molar-refractivity contribution in [2.45, 2.75) is 71.6 Å². The molecule has 1 heterocycles. The summed E-state index contributed by atoms with van der Waals surface area (Å²) in [6.45, 7) is 9.26. The first-order chi connectivity index (χ1) is 9.04. The van der Waals surface area contributed by atoms with Crippen molar-refractivity contribution < 1.29 is 9.53 Å². The first-order valence-corrected chi connectivity index (χ1v) is 7.62. The first kappa shape index (κ1) is 16.4. The Hall–Kier alpha value is -0.610. The minimum atomic E-state index is -0.0139. The molecule has 1 saturated heterocycles. The SMILES string of the molecule is CCCC(COC)N1C(=O)C(CC)NC1CC(C)C. The van der Waals surface area contributed by atoms with Gasteiger partial charge in [0.15, 0.2) is 0 Å². The maximum absolute atomic E-state index is 12.5. The summed E-state index contributed by atoms with van der Waals surface area (Å²) in [5.41, 5.74) is 0. The molecule has 3 unspecified atom stereocenters. The van der Waals surface area contributed by atoms with Crippen molar-refractivity contribution in [3.63, 3.8) is 0 Å². The molecular formula is C15H30N2O2. The smallest absolute Gasteiger partial charge is 0.241 e. The summed E-state index contributed by atoms with van der Waals surface area (Å²) >= 11 is 0. The van der Waals surface area contributed by atoms with Crippen molar-refractivity contribution in [1.29, 1.82) is 0 Å². The molecule has 19 heavy (non-hydrogen) atoms. The lowest BCUT2D eigenvalue weighted by molar-refractivity contribution is -0.133. The van der Waals surface area contributed by atoms with Gasteiger partial charge in [0.25, 0.3) is 0 Å². The molecule has 0 radical (unpaired) electrons. The maximum Gasteiger partial charge on any atom is 0.241 e. The van der Waals surface area contributed by atoms with Crippen LogP contribution in [-0.4, -0.2) is 42.8 Å². The number of nitrogens with zero attached hydrogens (tertiary/aromatic N) is 1. The van der Waals surface area contributed by atoms with E-state index in [1.54, 1.807) is 7.11 Å². The van der Waals surface area contributed by atoms with Crippen molar-refractivity contribution in [3.05, 3.63) is 0 Å².